The Kier molecular flexibility index (Phi) is 4.72. The molecule has 0 unspecified atom stereocenters. The minimum atomic E-state index is 0.635. The van der Waals surface area contributed by atoms with E-state index in [1.54, 1.807) is 6.07 Å². The molecule has 0 atom stereocenters. The van der Waals surface area contributed by atoms with Crippen molar-refractivity contribution >= 4 is 17.3 Å². The Morgan fingerprint density at radius 3 is 2.71 bits per heavy atom. The zero-order valence-electron chi connectivity index (χ0n) is 12.6. The van der Waals surface area contributed by atoms with Gasteiger partial charge in [0.1, 0.15) is 17.5 Å². The van der Waals surface area contributed by atoms with Crippen molar-refractivity contribution in [3.8, 4) is 6.07 Å². The molecule has 0 aliphatic carbocycles. The highest BCUT2D eigenvalue weighted by molar-refractivity contribution is 5.63. The zero-order valence-corrected chi connectivity index (χ0v) is 12.6. The second-order valence-electron chi connectivity index (χ2n) is 4.63. The Hall–Kier alpha value is -2.61. The normalized spacial score (nSPS) is 10.0. The number of nitriles is 1. The van der Waals surface area contributed by atoms with Crippen LogP contribution in [0.2, 0.25) is 0 Å². The average Bonchev–Trinajstić information content (AvgIpc) is 2.54. The first-order valence-corrected chi connectivity index (χ1v) is 7.03. The molecule has 5 heteroatoms. The molecule has 0 bridgehead atoms. The first kappa shape index (κ1) is 14.8. The molecular weight excluding hydrogens is 262 g/mol. The molecule has 1 aromatic heterocycles. The highest BCUT2D eigenvalue weighted by Crippen LogP contribution is 2.24. The lowest BCUT2D eigenvalue weighted by Gasteiger charge is -2.20. The van der Waals surface area contributed by atoms with E-state index in [0.717, 1.165) is 36.1 Å². The number of anilines is 3. The Morgan fingerprint density at radius 2 is 2.05 bits per heavy atom. The molecule has 0 fully saturated rings. The topological polar surface area (TPSA) is 64.8 Å². The van der Waals surface area contributed by atoms with Gasteiger partial charge in [-0.3, -0.25) is 0 Å². The van der Waals surface area contributed by atoms with Gasteiger partial charge in [0.25, 0.3) is 0 Å². The standard InChI is InChI=1S/C16H19N5/c1-4-14-19-15(18-5-2)10-16(20-14)21(3)13-8-6-7-12(9-13)11-17/h6-10H,4-5H2,1-3H3,(H,18,19,20). The lowest BCUT2D eigenvalue weighted by atomic mass is 10.2. The van der Waals surface area contributed by atoms with E-state index in [9.17, 15) is 0 Å². The number of rotatable bonds is 5. The molecule has 0 aliphatic rings. The Labute approximate surface area is 125 Å². The SMILES string of the molecule is CCNc1cc(N(C)c2cccc(C#N)c2)nc(CC)n1. The number of hydrogen-bond donors (Lipinski definition) is 1. The first-order chi connectivity index (χ1) is 10.2. The predicted molar refractivity (Wildman–Crippen MR) is 84.8 cm³/mol. The van der Waals surface area contributed by atoms with Crippen LogP contribution >= 0.6 is 0 Å². The van der Waals surface area contributed by atoms with Gasteiger partial charge in [-0.2, -0.15) is 5.26 Å². The van der Waals surface area contributed by atoms with E-state index in [-0.39, 0.29) is 0 Å². The number of aromatic nitrogens is 2. The minimum Gasteiger partial charge on any atom is -0.370 e. The summed E-state index contributed by atoms with van der Waals surface area (Å²) >= 11 is 0. The molecule has 0 amide bonds. The van der Waals surface area contributed by atoms with Gasteiger partial charge in [0.2, 0.25) is 0 Å². The summed E-state index contributed by atoms with van der Waals surface area (Å²) in [6.07, 6.45) is 0.776. The van der Waals surface area contributed by atoms with E-state index in [2.05, 4.69) is 21.4 Å². The number of hydrogen-bond acceptors (Lipinski definition) is 5. The van der Waals surface area contributed by atoms with E-state index in [1.165, 1.54) is 0 Å². The molecule has 0 saturated carbocycles. The quantitative estimate of drug-likeness (QED) is 0.912. The summed E-state index contributed by atoms with van der Waals surface area (Å²) in [5, 5.41) is 12.2. The Morgan fingerprint density at radius 1 is 1.24 bits per heavy atom. The average molecular weight is 281 g/mol. The third-order valence-electron chi connectivity index (χ3n) is 3.14. The van der Waals surface area contributed by atoms with E-state index in [4.69, 9.17) is 5.26 Å². The summed E-state index contributed by atoms with van der Waals surface area (Å²) in [4.78, 5) is 11.0. The molecule has 0 radical (unpaired) electrons. The van der Waals surface area contributed by atoms with Crippen molar-refractivity contribution in [2.45, 2.75) is 20.3 Å². The number of nitrogens with zero attached hydrogens (tertiary/aromatic N) is 4. The molecular formula is C16H19N5. The van der Waals surface area contributed by atoms with Crippen LogP contribution < -0.4 is 10.2 Å². The molecule has 5 nitrogen and oxygen atoms in total. The maximum absolute atomic E-state index is 9.01. The van der Waals surface area contributed by atoms with Crippen LogP contribution in [0.3, 0.4) is 0 Å². The van der Waals surface area contributed by atoms with Crippen LogP contribution in [0.25, 0.3) is 0 Å². The van der Waals surface area contributed by atoms with Gasteiger partial charge in [0, 0.05) is 31.8 Å². The molecule has 0 spiro atoms. The van der Waals surface area contributed by atoms with Gasteiger partial charge in [-0.15, -0.1) is 0 Å². The fourth-order valence-electron chi connectivity index (χ4n) is 2.00. The molecule has 1 heterocycles. The summed E-state index contributed by atoms with van der Waals surface area (Å²) in [6, 6.07) is 11.5. The third-order valence-corrected chi connectivity index (χ3v) is 3.14. The van der Waals surface area contributed by atoms with E-state index in [0.29, 0.717) is 5.56 Å². The van der Waals surface area contributed by atoms with E-state index >= 15 is 0 Å². The van der Waals surface area contributed by atoms with Crippen molar-refractivity contribution < 1.29 is 0 Å². The molecule has 1 aromatic carbocycles. The summed E-state index contributed by atoms with van der Waals surface area (Å²) in [5.41, 5.74) is 1.56. The van der Waals surface area contributed by atoms with Crippen LogP contribution in [0.5, 0.6) is 0 Å². The summed E-state index contributed by atoms with van der Waals surface area (Å²) in [6.45, 7) is 4.88. The van der Waals surface area contributed by atoms with Crippen molar-refractivity contribution in [1.82, 2.24) is 9.97 Å². The minimum absolute atomic E-state index is 0.635. The van der Waals surface area contributed by atoms with Crippen molar-refractivity contribution in [2.24, 2.45) is 0 Å². The molecule has 2 rings (SSSR count). The number of benzene rings is 1. The van der Waals surface area contributed by atoms with Crippen LogP contribution in [0.15, 0.2) is 30.3 Å². The van der Waals surface area contributed by atoms with Gasteiger partial charge in [-0.1, -0.05) is 13.0 Å². The van der Waals surface area contributed by atoms with Gasteiger partial charge in [-0.05, 0) is 25.1 Å². The second-order valence-corrected chi connectivity index (χ2v) is 4.63. The van der Waals surface area contributed by atoms with Crippen molar-refractivity contribution in [2.75, 3.05) is 23.8 Å². The van der Waals surface area contributed by atoms with Crippen molar-refractivity contribution in [3.63, 3.8) is 0 Å². The molecule has 1 N–H and O–H groups in total. The summed E-state index contributed by atoms with van der Waals surface area (Å²) in [5.74, 6) is 2.43. The molecule has 108 valence electrons. The molecule has 21 heavy (non-hydrogen) atoms. The summed E-state index contributed by atoms with van der Waals surface area (Å²) < 4.78 is 0. The lowest BCUT2D eigenvalue weighted by molar-refractivity contribution is 0.923. The Bertz CT molecular complexity index is 660. The van der Waals surface area contributed by atoms with Crippen LogP contribution in [0.1, 0.15) is 25.2 Å². The number of aryl methyl sites for hydroxylation is 1. The second kappa shape index (κ2) is 6.71. The van der Waals surface area contributed by atoms with Gasteiger partial charge in [0.05, 0.1) is 11.6 Å². The Balaban J connectivity index is 2.39. The van der Waals surface area contributed by atoms with Crippen LogP contribution in [0.4, 0.5) is 17.3 Å². The summed E-state index contributed by atoms with van der Waals surface area (Å²) in [7, 11) is 1.94. The maximum atomic E-state index is 9.01. The molecule has 0 aliphatic heterocycles. The smallest absolute Gasteiger partial charge is 0.138 e. The monoisotopic (exact) mass is 281 g/mol. The fourth-order valence-corrected chi connectivity index (χ4v) is 2.00. The maximum Gasteiger partial charge on any atom is 0.138 e. The zero-order chi connectivity index (χ0) is 15.2. The van der Waals surface area contributed by atoms with Crippen LogP contribution in [-0.2, 0) is 6.42 Å². The highest BCUT2D eigenvalue weighted by Gasteiger charge is 2.10. The highest BCUT2D eigenvalue weighted by atomic mass is 15.2. The first-order valence-electron chi connectivity index (χ1n) is 7.03. The molecule has 2 aromatic rings. The van der Waals surface area contributed by atoms with E-state index in [1.807, 2.05) is 50.1 Å². The number of nitrogens with one attached hydrogen (secondary N) is 1. The largest absolute Gasteiger partial charge is 0.370 e. The molecule has 0 saturated heterocycles. The van der Waals surface area contributed by atoms with Crippen molar-refractivity contribution in [1.29, 1.82) is 5.26 Å². The van der Waals surface area contributed by atoms with Crippen LogP contribution in [-0.4, -0.2) is 23.6 Å². The lowest BCUT2D eigenvalue weighted by Crippen LogP contribution is -2.14. The van der Waals surface area contributed by atoms with Gasteiger partial charge >= 0.3 is 0 Å². The van der Waals surface area contributed by atoms with Crippen molar-refractivity contribution in [3.05, 3.63) is 41.7 Å². The van der Waals surface area contributed by atoms with Crippen LogP contribution in [0, 0.1) is 11.3 Å². The fraction of sp³-hybridized carbons (Fsp3) is 0.312. The predicted octanol–water partition coefficient (Wildman–Crippen LogP) is 3.11. The van der Waals surface area contributed by atoms with Gasteiger partial charge < -0.3 is 10.2 Å². The van der Waals surface area contributed by atoms with Gasteiger partial charge in [-0.25, -0.2) is 9.97 Å². The van der Waals surface area contributed by atoms with E-state index < -0.39 is 0 Å². The van der Waals surface area contributed by atoms with Gasteiger partial charge in [0.15, 0.2) is 0 Å². The third kappa shape index (κ3) is 3.48.